The van der Waals surface area contributed by atoms with Gasteiger partial charge in [-0.3, -0.25) is 24.4 Å². The minimum atomic E-state index is -0.402. The number of para-hydroxylation sites is 1. The molecule has 3 atom stereocenters. The number of benzene rings is 2. The Morgan fingerprint density at radius 2 is 1.81 bits per heavy atom. The first-order valence-electron chi connectivity index (χ1n) is 11.6. The number of hydrogen-bond donors (Lipinski definition) is 3. The number of anilines is 1. The third-order valence-electron chi connectivity index (χ3n) is 6.44. The van der Waals surface area contributed by atoms with Crippen molar-refractivity contribution < 1.29 is 9.59 Å². The Balaban J connectivity index is 1.21. The van der Waals surface area contributed by atoms with E-state index in [2.05, 4.69) is 16.0 Å². The highest BCUT2D eigenvalue weighted by Gasteiger charge is 2.42. The Morgan fingerprint density at radius 1 is 1.08 bits per heavy atom. The molecule has 8 nitrogen and oxygen atoms in total. The fourth-order valence-electron chi connectivity index (χ4n) is 4.42. The van der Waals surface area contributed by atoms with E-state index in [1.165, 1.54) is 22.0 Å². The molecule has 3 heterocycles. The summed E-state index contributed by atoms with van der Waals surface area (Å²) in [5.41, 5.74) is 4.17. The number of fused-ring (bicyclic) bond motifs is 1. The van der Waals surface area contributed by atoms with Crippen LogP contribution in [0.15, 0.2) is 64.8 Å². The molecule has 1 aromatic heterocycles. The molecule has 0 radical (unpaired) electrons. The van der Waals surface area contributed by atoms with Gasteiger partial charge in [0.25, 0.3) is 5.56 Å². The molecule has 1 fully saturated rings. The monoisotopic (exact) mass is 521 g/mol. The first-order valence-corrected chi connectivity index (χ1v) is 13.6. The molecule has 2 aromatic carbocycles. The summed E-state index contributed by atoms with van der Waals surface area (Å²) in [5, 5.41) is 11.1. The summed E-state index contributed by atoms with van der Waals surface area (Å²) >= 11 is 2.88. The fraction of sp³-hybridized carbons (Fsp3) is 0.269. The summed E-state index contributed by atoms with van der Waals surface area (Å²) in [6.45, 7) is 3.83. The van der Waals surface area contributed by atoms with E-state index in [0.717, 1.165) is 16.8 Å². The number of hydrogen-bond acceptors (Lipinski definition) is 6. The summed E-state index contributed by atoms with van der Waals surface area (Å²) in [5.74, 6) is -0.566. The topological polar surface area (TPSA) is 97.2 Å². The van der Waals surface area contributed by atoms with Crippen LogP contribution < -0.4 is 21.5 Å². The van der Waals surface area contributed by atoms with Crippen LogP contribution in [0.1, 0.15) is 16.8 Å². The van der Waals surface area contributed by atoms with Crippen LogP contribution in [0.2, 0.25) is 0 Å². The van der Waals surface area contributed by atoms with E-state index in [1.54, 1.807) is 30.4 Å². The quantitative estimate of drug-likeness (QED) is 0.461. The van der Waals surface area contributed by atoms with Crippen molar-refractivity contribution in [3.63, 3.8) is 0 Å². The number of rotatable bonds is 6. The number of amides is 2. The molecule has 36 heavy (non-hydrogen) atoms. The minimum Gasteiger partial charge on any atom is -0.331 e. The molecule has 0 saturated carbocycles. The van der Waals surface area contributed by atoms with E-state index < -0.39 is 5.50 Å². The molecule has 0 bridgehead atoms. The third-order valence-corrected chi connectivity index (χ3v) is 8.54. The maximum absolute atomic E-state index is 13.0. The molecule has 2 amide bonds. The van der Waals surface area contributed by atoms with Crippen molar-refractivity contribution in [2.45, 2.75) is 24.7 Å². The molecule has 2 aliphatic heterocycles. The molecule has 0 aliphatic carbocycles. The Bertz CT molecular complexity index is 1400. The normalized spacial score (nSPS) is 21.0. The molecular formula is C26H27N5O3S2. The zero-order chi connectivity index (χ0) is 25.4. The molecule has 3 unspecified atom stereocenters. The number of carbonyl (C=O) groups is 2. The maximum atomic E-state index is 13.0. The summed E-state index contributed by atoms with van der Waals surface area (Å²) in [7, 11) is 1.78. The largest absolute Gasteiger partial charge is 0.331 e. The number of thioether (sulfide) groups is 2. The van der Waals surface area contributed by atoms with Crippen LogP contribution in [0.3, 0.4) is 0 Å². The van der Waals surface area contributed by atoms with Gasteiger partial charge in [0.1, 0.15) is 11.2 Å². The van der Waals surface area contributed by atoms with E-state index in [4.69, 9.17) is 0 Å². The maximum Gasteiger partial charge on any atom is 0.295 e. The second-order valence-corrected chi connectivity index (χ2v) is 10.9. The summed E-state index contributed by atoms with van der Waals surface area (Å²) in [6, 6.07) is 17.5. The van der Waals surface area contributed by atoms with Gasteiger partial charge in [-0.2, -0.15) is 0 Å². The van der Waals surface area contributed by atoms with Crippen LogP contribution in [0.4, 0.5) is 5.69 Å². The van der Waals surface area contributed by atoms with E-state index >= 15 is 0 Å². The smallest absolute Gasteiger partial charge is 0.295 e. The first-order chi connectivity index (χ1) is 17.3. The number of aromatic nitrogens is 2. The zero-order valence-corrected chi connectivity index (χ0v) is 21.8. The lowest BCUT2D eigenvalue weighted by Crippen LogP contribution is -2.58. The fourth-order valence-corrected chi connectivity index (χ4v) is 6.55. The van der Waals surface area contributed by atoms with Gasteiger partial charge >= 0.3 is 0 Å². The zero-order valence-electron chi connectivity index (χ0n) is 20.1. The molecular weight excluding hydrogens is 494 g/mol. The van der Waals surface area contributed by atoms with Gasteiger partial charge in [0, 0.05) is 7.05 Å². The Kier molecular flexibility index (Phi) is 6.83. The van der Waals surface area contributed by atoms with E-state index in [1.807, 2.05) is 66.9 Å². The number of nitrogens with one attached hydrogen (secondary N) is 3. The van der Waals surface area contributed by atoms with Gasteiger partial charge < -0.3 is 10.6 Å². The standard InChI is InChI=1S/C26H27N5O3S2/c1-15-9-11-17(12-10-15)19-13-35-24-21(19)23(33)28-26(29-24)36-14-20(32)27-22-16(2)30(3)31(25(22)34)18-7-5-4-6-8-18/h4-13,21,24,26,29H,14H2,1-3H3,(H,27,32)(H,28,33). The van der Waals surface area contributed by atoms with Crippen LogP contribution in [0.5, 0.6) is 0 Å². The van der Waals surface area contributed by atoms with Crippen molar-refractivity contribution in [3.05, 3.63) is 87.2 Å². The molecule has 3 N–H and O–H groups in total. The van der Waals surface area contributed by atoms with Crippen LogP contribution in [-0.4, -0.2) is 37.8 Å². The highest BCUT2D eigenvalue weighted by atomic mass is 32.2. The van der Waals surface area contributed by atoms with Crippen molar-refractivity contribution in [1.82, 2.24) is 20.0 Å². The lowest BCUT2D eigenvalue weighted by molar-refractivity contribution is -0.125. The lowest BCUT2D eigenvalue weighted by Gasteiger charge is -2.34. The SMILES string of the molecule is Cc1ccc(C2=CSC3NC(SCC(=O)Nc4c(C)n(C)n(-c5ccccc5)c4=O)NC(=O)C23)cc1. The second-order valence-electron chi connectivity index (χ2n) is 8.82. The van der Waals surface area contributed by atoms with Gasteiger partial charge in [-0.15, -0.1) is 23.5 Å². The second kappa shape index (κ2) is 10.0. The van der Waals surface area contributed by atoms with E-state index in [9.17, 15) is 14.4 Å². The Morgan fingerprint density at radius 3 is 2.53 bits per heavy atom. The average Bonchev–Trinajstić information content (AvgIpc) is 3.39. The van der Waals surface area contributed by atoms with Gasteiger partial charge in [0.15, 0.2) is 0 Å². The Labute approximate surface area is 217 Å². The predicted octanol–water partition coefficient (Wildman–Crippen LogP) is 3.20. The number of carbonyl (C=O) groups excluding carboxylic acids is 2. The molecule has 10 heteroatoms. The summed E-state index contributed by atoms with van der Waals surface area (Å²) in [6.07, 6.45) is 0. The van der Waals surface area contributed by atoms with Crippen molar-refractivity contribution in [2.75, 3.05) is 11.1 Å². The molecule has 5 rings (SSSR count). The van der Waals surface area contributed by atoms with E-state index in [0.29, 0.717) is 5.69 Å². The molecule has 3 aromatic rings. The predicted molar refractivity (Wildman–Crippen MR) is 146 cm³/mol. The first kappa shape index (κ1) is 24.5. The van der Waals surface area contributed by atoms with Crippen molar-refractivity contribution in [3.8, 4) is 5.69 Å². The summed E-state index contributed by atoms with van der Waals surface area (Å²) in [4.78, 5) is 38.7. The van der Waals surface area contributed by atoms with Crippen LogP contribution >= 0.6 is 23.5 Å². The molecule has 1 saturated heterocycles. The minimum absolute atomic E-state index is 0.0573. The average molecular weight is 522 g/mol. The molecule has 2 aliphatic rings. The summed E-state index contributed by atoms with van der Waals surface area (Å²) < 4.78 is 3.25. The van der Waals surface area contributed by atoms with Crippen molar-refractivity contribution >= 4 is 46.6 Å². The lowest BCUT2D eigenvalue weighted by atomic mass is 9.91. The third kappa shape index (κ3) is 4.63. The van der Waals surface area contributed by atoms with Crippen LogP contribution in [-0.2, 0) is 16.6 Å². The van der Waals surface area contributed by atoms with E-state index in [-0.39, 0.29) is 40.1 Å². The van der Waals surface area contributed by atoms with Crippen molar-refractivity contribution in [1.29, 1.82) is 0 Å². The van der Waals surface area contributed by atoms with Gasteiger partial charge in [0.2, 0.25) is 11.8 Å². The molecule has 0 spiro atoms. The highest BCUT2D eigenvalue weighted by Crippen LogP contribution is 2.42. The number of aryl methyl sites for hydroxylation is 1. The van der Waals surface area contributed by atoms with Gasteiger partial charge in [0.05, 0.1) is 28.4 Å². The van der Waals surface area contributed by atoms with Crippen LogP contribution in [0.25, 0.3) is 11.3 Å². The Hall–Kier alpha value is -3.21. The van der Waals surface area contributed by atoms with Gasteiger partial charge in [-0.05, 0) is 42.5 Å². The number of nitrogens with zero attached hydrogens (tertiary/aromatic N) is 2. The van der Waals surface area contributed by atoms with Crippen LogP contribution in [0, 0.1) is 19.8 Å². The molecule has 186 valence electrons. The van der Waals surface area contributed by atoms with Gasteiger partial charge in [-0.25, -0.2) is 4.68 Å². The highest BCUT2D eigenvalue weighted by molar-refractivity contribution is 8.03. The van der Waals surface area contributed by atoms with Gasteiger partial charge in [-0.1, -0.05) is 48.0 Å². The van der Waals surface area contributed by atoms with Crippen molar-refractivity contribution in [2.24, 2.45) is 13.0 Å².